The van der Waals surface area contributed by atoms with Gasteiger partial charge < -0.3 is 10.1 Å². The molecule has 0 saturated heterocycles. The number of hydrogen-bond acceptors (Lipinski definition) is 6. The summed E-state index contributed by atoms with van der Waals surface area (Å²) in [5.74, 6) is 1.74. The second kappa shape index (κ2) is 6.45. The monoisotopic (exact) mass is 309 g/mol. The Morgan fingerprint density at radius 3 is 2.70 bits per heavy atom. The SMILES string of the molecule is COc1ccccc1CSc1nnc(NC(C)(C)C)s1. The maximum Gasteiger partial charge on any atom is 0.206 e. The van der Waals surface area contributed by atoms with E-state index in [2.05, 4.69) is 42.4 Å². The van der Waals surface area contributed by atoms with Crippen LogP contribution in [0.1, 0.15) is 26.3 Å². The Hall–Kier alpha value is -1.27. The van der Waals surface area contributed by atoms with Crippen LogP contribution in [0.3, 0.4) is 0 Å². The van der Waals surface area contributed by atoms with Gasteiger partial charge in [0.2, 0.25) is 5.13 Å². The van der Waals surface area contributed by atoms with E-state index in [4.69, 9.17) is 4.74 Å². The summed E-state index contributed by atoms with van der Waals surface area (Å²) in [7, 11) is 1.69. The van der Waals surface area contributed by atoms with E-state index in [1.165, 1.54) is 5.56 Å². The third-order valence-electron chi connectivity index (χ3n) is 2.43. The van der Waals surface area contributed by atoms with E-state index in [1.54, 1.807) is 30.2 Å². The average molecular weight is 309 g/mol. The molecule has 0 aliphatic carbocycles. The molecule has 0 fully saturated rings. The molecule has 0 saturated carbocycles. The van der Waals surface area contributed by atoms with Gasteiger partial charge in [0, 0.05) is 16.9 Å². The van der Waals surface area contributed by atoms with E-state index in [9.17, 15) is 0 Å². The molecule has 20 heavy (non-hydrogen) atoms. The molecule has 0 bridgehead atoms. The standard InChI is InChI=1S/C14H19N3OS2/c1-14(2,3)15-12-16-17-13(20-12)19-9-10-7-5-6-8-11(10)18-4/h5-8H,9H2,1-4H3,(H,15,16). The summed E-state index contributed by atoms with van der Waals surface area (Å²) < 4.78 is 6.31. The summed E-state index contributed by atoms with van der Waals surface area (Å²) in [6.07, 6.45) is 0. The number of thioether (sulfide) groups is 1. The van der Waals surface area contributed by atoms with E-state index in [1.807, 2.05) is 18.2 Å². The molecular formula is C14H19N3OS2. The summed E-state index contributed by atoms with van der Waals surface area (Å²) in [5, 5.41) is 12.6. The molecule has 0 unspecified atom stereocenters. The van der Waals surface area contributed by atoms with Crippen molar-refractivity contribution in [3.8, 4) is 5.75 Å². The zero-order chi connectivity index (χ0) is 14.6. The van der Waals surface area contributed by atoms with Gasteiger partial charge in [-0.15, -0.1) is 10.2 Å². The highest BCUT2D eigenvalue weighted by molar-refractivity contribution is 8.00. The highest BCUT2D eigenvalue weighted by Gasteiger charge is 2.13. The normalized spacial score (nSPS) is 11.4. The summed E-state index contributed by atoms with van der Waals surface area (Å²) in [5.41, 5.74) is 1.17. The zero-order valence-corrected chi connectivity index (χ0v) is 13.8. The minimum atomic E-state index is 0.00409. The van der Waals surface area contributed by atoms with Gasteiger partial charge in [0.05, 0.1) is 7.11 Å². The van der Waals surface area contributed by atoms with Gasteiger partial charge in [-0.25, -0.2) is 0 Å². The fraction of sp³-hybridized carbons (Fsp3) is 0.429. The number of rotatable bonds is 5. The number of hydrogen-bond donors (Lipinski definition) is 1. The Balaban J connectivity index is 1.97. The van der Waals surface area contributed by atoms with Crippen LogP contribution in [0.4, 0.5) is 5.13 Å². The van der Waals surface area contributed by atoms with Crippen LogP contribution in [0.5, 0.6) is 5.75 Å². The molecule has 2 aromatic rings. The van der Waals surface area contributed by atoms with Crippen molar-refractivity contribution < 1.29 is 4.74 Å². The molecule has 4 nitrogen and oxygen atoms in total. The molecular weight excluding hydrogens is 290 g/mol. The zero-order valence-electron chi connectivity index (χ0n) is 12.1. The molecule has 1 aromatic heterocycles. The van der Waals surface area contributed by atoms with Gasteiger partial charge in [0.1, 0.15) is 5.75 Å². The van der Waals surface area contributed by atoms with Crippen molar-refractivity contribution in [2.24, 2.45) is 0 Å². The van der Waals surface area contributed by atoms with E-state index in [-0.39, 0.29) is 5.54 Å². The number of para-hydroxylation sites is 1. The van der Waals surface area contributed by atoms with Gasteiger partial charge >= 0.3 is 0 Å². The Morgan fingerprint density at radius 1 is 1.25 bits per heavy atom. The molecule has 0 aliphatic heterocycles. The van der Waals surface area contributed by atoms with Crippen LogP contribution in [0, 0.1) is 0 Å². The molecule has 1 N–H and O–H groups in total. The van der Waals surface area contributed by atoms with Crippen LogP contribution in [0.15, 0.2) is 28.6 Å². The number of nitrogens with zero attached hydrogens (tertiary/aromatic N) is 2. The fourth-order valence-corrected chi connectivity index (χ4v) is 3.55. The second-order valence-electron chi connectivity index (χ2n) is 5.35. The Morgan fingerprint density at radius 2 is 2.00 bits per heavy atom. The molecule has 108 valence electrons. The van der Waals surface area contributed by atoms with E-state index < -0.39 is 0 Å². The Bertz CT molecular complexity index is 564. The lowest BCUT2D eigenvalue weighted by atomic mass is 10.1. The quantitative estimate of drug-likeness (QED) is 0.844. The van der Waals surface area contributed by atoms with Gasteiger partial charge in [-0.2, -0.15) is 0 Å². The highest BCUT2D eigenvalue weighted by Crippen LogP contribution is 2.31. The molecule has 0 spiro atoms. The maximum absolute atomic E-state index is 5.35. The minimum absolute atomic E-state index is 0.00409. The van der Waals surface area contributed by atoms with Crippen molar-refractivity contribution in [1.29, 1.82) is 0 Å². The summed E-state index contributed by atoms with van der Waals surface area (Å²) in [6.45, 7) is 6.32. The number of methoxy groups -OCH3 is 1. The maximum atomic E-state index is 5.35. The molecule has 0 atom stereocenters. The molecule has 0 radical (unpaired) electrons. The predicted octanol–water partition coefficient (Wildman–Crippen LogP) is 4.05. The van der Waals surface area contributed by atoms with Crippen LogP contribution in [-0.4, -0.2) is 22.8 Å². The Labute approximate surface area is 128 Å². The number of nitrogens with one attached hydrogen (secondary N) is 1. The van der Waals surface area contributed by atoms with E-state index >= 15 is 0 Å². The highest BCUT2D eigenvalue weighted by atomic mass is 32.2. The van der Waals surface area contributed by atoms with Crippen LogP contribution in [0.2, 0.25) is 0 Å². The first-order valence-corrected chi connectivity index (χ1v) is 8.14. The lowest BCUT2D eigenvalue weighted by molar-refractivity contribution is 0.411. The molecule has 0 amide bonds. The van der Waals surface area contributed by atoms with Crippen LogP contribution in [-0.2, 0) is 5.75 Å². The van der Waals surface area contributed by atoms with Crippen LogP contribution in [0.25, 0.3) is 0 Å². The summed E-state index contributed by atoms with van der Waals surface area (Å²) in [4.78, 5) is 0. The van der Waals surface area contributed by atoms with Gasteiger partial charge in [-0.3, -0.25) is 0 Å². The number of anilines is 1. The number of aromatic nitrogens is 2. The van der Waals surface area contributed by atoms with E-state index in [0.717, 1.165) is 21.0 Å². The number of ether oxygens (including phenoxy) is 1. The van der Waals surface area contributed by atoms with Gasteiger partial charge in [-0.05, 0) is 26.8 Å². The largest absolute Gasteiger partial charge is 0.496 e. The molecule has 1 aromatic carbocycles. The lowest BCUT2D eigenvalue weighted by Gasteiger charge is -2.18. The van der Waals surface area contributed by atoms with Crippen molar-refractivity contribution in [3.05, 3.63) is 29.8 Å². The lowest BCUT2D eigenvalue weighted by Crippen LogP contribution is -2.25. The molecule has 1 heterocycles. The van der Waals surface area contributed by atoms with Crippen LogP contribution < -0.4 is 10.1 Å². The van der Waals surface area contributed by atoms with Crippen molar-refractivity contribution in [2.75, 3.05) is 12.4 Å². The van der Waals surface area contributed by atoms with Crippen molar-refractivity contribution in [1.82, 2.24) is 10.2 Å². The van der Waals surface area contributed by atoms with Crippen molar-refractivity contribution in [2.45, 2.75) is 36.4 Å². The van der Waals surface area contributed by atoms with Gasteiger partial charge in [0.15, 0.2) is 4.34 Å². The minimum Gasteiger partial charge on any atom is -0.496 e. The van der Waals surface area contributed by atoms with Crippen LogP contribution >= 0.6 is 23.1 Å². The molecule has 6 heteroatoms. The molecule has 0 aliphatic rings. The van der Waals surface area contributed by atoms with Crippen molar-refractivity contribution in [3.63, 3.8) is 0 Å². The fourth-order valence-electron chi connectivity index (χ4n) is 1.60. The third kappa shape index (κ3) is 4.38. The first-order valence-electron chi connectivity index (χ1n) is 6.34. The number of benzene rings is 1. The van der Waals surface area contributed by atoms with Crippen molar-refractivity contribution >= 4 is 28.2 Å². The smallest absolute Gasteiger partial charge is 0.206 e. The van der Waals surface area contributed by atoms with Gasteiger partial charge in [-0.1, -0.05) is 41.3 Å². The predicted molar refractivity (Wildman–Crippen MR) is 85.8 cm³/mol. The Kier molecular flexibility index (Phi) is 4.88. The third-order valence-corrected chi connectivity index (χ3v) is 4.45. The molecule has 2 rings (SSSR count). The second-order valence-corrected chi connectivity index (χ2v) is 7.55. The first kappa shape index (κ1) is 15.1. The summed E-state index contributed by atoms with van der Waals surface area (Å²) >= 11 is 3.26. The van der Waals surface area contributed by atoms with E-state index in [0.29, 0.717) is 0 Å². The average Bonchev–Trinajstić information content (AvgIpc) is 2.82. The first-order chi connectivity index (χ1) is 9.48. The van der Waals surface area contributed by atoms with Gasteiger partial charge in [0.25, 0.3) is 0 Å². The topological polar surface area (TPSA) is 47.0 Å². The summed E-state index contributed by atoms with van der Waals surface area (Å²) in [6, 6.07) is 8.04.